The zero-order valence-electron chi connectivity index (χ0n) is 18.6. The van der Waals surface area contributed by atoms with Crippen LogP contribution in [-0.4, -0.2) is 38.7 Å². The standard InChI is InChI=1S/C24H25NO7/c1-6-31-22(26)16-9-7-15(8-10-16)17-11-12-18(32-17)21-19(23(27)29-4)13(2)25-14(3)20(21)24(28)30-5/h7-12,21,25H,6H2,1-5H3. The summed E-state index contributed by atoms with van der Waals surface area (Å²) in [5.74, 6) is -1.46. The van der Waals surface area contributed by atoms with E-state index in [1.165, 1.54) is 14.2 Å². The molecule has 8 heteroatoms. The quantitative estimate of drug-likeness (QED) is 0.537. The zero-order valence-corrected chi connectivity index (χ0v) is 18.6. The Balaban J connectivity index is 2.03. The predicted molar refractivity (Wildman–Crippen MR) is 115 cm³/mol. The van der Waals surface area contributed by atoms with Gasteiger partial charge in [-0.2, -0.15) is 0 Å². The highest BCUT2D eigenvalue weighted by atomic mass is 16.5. The average Bonchev–Trinajstić information content (AvgIpc) is 3.28. The third-order valence-electron chi connectivity index (χ3n) is 5.16. The Hall–Kier alpha value is -3.81. The van der Waals surface area contributed by atoms with E-state index in [1.54, 1.807) is 57.2 Å². The molecule has 0 fully saturated rings. The number of benzene rings is 1. The topological polar surface area (TPSA) is 104 Å². The van der Waals surface area contributed by atoms with Crippen LogP contribution in [0, 0.1) is 0 Å². The molecule has 2 aromatic rings. The highest BCUT2D eigenvalue weighted by Crippen LogP contribution is 2.41. The molecule has 1 aliphatic rings. The fourth-order valence-corrected chi connectivity index (χ4v) is 3.69. The van der Waals surface area contributed by atoms with Gasteiger partial charge in [-0.1, -0.05) is 12.1 Å². The Morgan fingerprint density at radius 1 is 0.875 bits per heavy atom. The molecule has 32 heavy (non-hydrogen) atoms. The molecule has 1 N–H and O–H groups in total. The summed E-state index contributed by atoms with van der Waals surface area (Å²) in [6, 6.07) is 10.2. The molecule has 0 unspecified atom stereocenters. The lowest BCUT2D eigenvalue weighted by Gasteiger charge is -2.28. The summed E-state index contributed by atoms with van der Waals surface area (Å²) in [6.45, 7) is 5.50. The first-order valence-electron chi connectivity index (χ1n) is 10.0. The van der Waals surface area contributed by atoms with E-state index in [0.717, 1.165) is 5.56 Å². The van der Waals surface area contributed by atoms with Crippen molar-refractivity contribution in [2.75, 3.05) is 20.8 Å². The number of furan rings is 1. The summed E-state index contributed by atoms with van der Waals surface area (Å²) in [6.07, 6.45) is 0. The molecule has 0 spiro atoms. The van der Waals surface area contributed by atoms with E-state index >= 15 is 0 Å². The van der Waals surface area contributed by atoms with Crippen molar-refractivity contribution < 1.29 is 33.0 Å². The fourth-order valence-electron chi connectivity index (χ4n) is 3.69. The molecule has 168 valence electrons. The number of allylic oxidation sites excluding steroid dienone is 2. The summed E-state index contributed by atoms with van der Waals surface area (Å²) >= 11 is 0. The van der Waals surface area contributed by atoms with Gasteiger partial charge < -0.3 is 23.9 Å². The minimum atomic E-state index is -0.802. The summed E-state index contributed by atoms with van der Waals surface area (Å²) in [7, 11) is 2.56. The molecule has 0 aliphatic carbocycles. The number of hydrogen-bond donors (Lipinski definition) is 1. The van der Waals surface area contributed by atoms with Crippen molar-refractivity contribution in [3.63, 3.8) is 0 Å². The molecule has 8 nitrogen and oxygen atoms in total. The number of carbonyl (C=O) groups is 3. The Labute approximate surface area is 185 Å². The van der Waals surface area contributed by atoms with Gasteiger partial charge >= 0.3 is 17.9 Å². The minimum Gasteiger partial charge on any atom is -0.466 e. The van der Waals surface area contributed by atoms with E-state index in [-0.39, 0.29) is 11.1 Å². The maximum absolute atomic E-state index is 12.6. The summed E-state index contributed by atoms with van der Waals surface area (Å²) < 4.78 is 21.0. The average molecular weight is 439 g/mol. The summed E-state index contributed by atoms with van der Waals surface area (Å²) in [5, 5.41) is 3.05. The van der Waals surface area contributed by atoms with Crippen LogP contribution in [0.25, 0.3) is 11.3 Å². The normalized spacial score (nSPS) is 14.2. The summed E-state index contributed by atoms with van der Waals surface area (Å²) in [5.41, 5.74) is 2.79. The molecular weight excluding hydrogens is 414 g/mol. The first kappa shape index (κ1) is 22.9. The number of nitrogens with one attached hydrogen (secondary N) is 1. The largest absolute Gasteiger partial charge is 0.466 e. The van der Waals surface area contributed by atoms with E-state index in [0.29, 0.717) is 35.1 Å². The predicted octanol–water partition coefficient (Wildman–Crippen LogP) is 3.70. The van der Waals surface area contributed by atoms with Crippen molar-refractivity contribution in [2.24, 2.45) is 0 Å². The SMILES string of the molecule is CCOC(=O)c1ccc(-c2ccc(C3C(C(=O)OC)=C(C)NC(C)=C3C(=O)OC)o2)cc1. The van der Waals surface area contributed by atoms with E-state index in [4.69, 9.17) is 18.6 Å². The van der Waals surface area contributed by atoms with Crippen molar-refractivity contribution in [1.29, 1.82) is 0 Å². The Kier molecular flexibility index (Phi) is 6.82. The second-order valence-corrected chi connectivity index (χ2v) is 7.12. The highest BCUT2D eigenvalue weighted by molar-refractivity contribution is 5.99. The molecule has 0 saturated carbocycles. The van der Waals surface area contributed by atoms with Crippen LogP contribution in [0.4, 0.5) is 0 Å². The molecule has 1 aliphatic heterocycles. The zero-order chi connectivity index (χ0) is 23.4. The van der Waals surface area contributed by atoms with Crippen LogP contribution in [0.2, 0.25) is 0 Å². The third-order valence-corrected chi connectivity index (χ3v) is 5.16. The second kappa shape index (κ2) is 9.55. The van der Waals surface area contributed by atoms with Crippen LogP contribution in [0.5, 0.6) is 0 Å². The molecule has 0 radical (unpaired) electrons. The smallest absolute Gasteiger partial charge is 0.338 e. The molecule has 0 atom stereocenters. The van der Waals surface area contributed by atoms with Crippen molar-refractivity contribution in [3.8, 4) is 11.3 Å². The minimum absolute atomic E-state index is 0.261. The molecule has 2 heterocycles. The molecule has 0 saturated heterocycles. The van der Waals surface area contributed by atoms with Gasteiger partial charge in [-0.15, -0.1) is 0 Å². The molecule has 1 aromatic carbocycles. The number of ether oxygens (including phenoxy) is 3. The Morgan fingerprint density at radius 3 is 1.94 bits per heavy atom. The first-order chi connectivity index (χ1) is 15.3. The lowest BCUT2D eigenvalue weighted by Crippen LogP contribution is -2.31. The van der Waals surface area contributed by atoms with E-state index in [9.17, 15) is 14.4 Å². The van der Waals surface area contributed by atoms with E-state index in [1.807, 2.05) is 0 Å². The Morgan fingerprint density at radius 2 is 1.44 bits per heavy atom. The summed E-state index contributed by atoms with van der Waals surface area (Å²) in [4.78, 5) is 37.0. The molecule has 0 bridgehead atoms. The van der Waals surface area contributed by atoms with Crippen molar-refractivity contribution in [2.45, 2.75) is 26.7 Å². The highest BCUT2D eigenvalue weighted by Gasteiger charge is 2.39. The molecular formula is C24H25NO7. The van der Waals surface area contributed by atoms with Crippen LogP contribution in [0.1, 0.15) is 42.8 Å². The van der Waals surface area contributed by atoms with Gasteiger partial charge in [0.2, 0.25) is 0 Å². The second-order valence-electron chi connectivity index (χ2n) is 7.12. The van der Waals surface area contributed by atoms with Crippen LogP contribution >= 0.6 is 0 Å². The van der Waals surface area contributed by atoms with Gasteiger partial charge in [0.05, 0.1) is 43.5 Å². The van der Waals surface area contributed by atoms with E-state index < -0.39 is 23.8 Å². The molecule has 1 aromatic heterocycles. The van der Waals surface area contributed by atoms with Crippen molar-refractivity contribution >= 4 is 17.9 Å². The number of dihydropyridines is 1. The van der Waals surface area contributed by atoms with Crippen LogP contribution < -0.4 is 5.32 Å². The van der Waals surface area contributed by atoms with Gasteiger partial charge in [0.25, 0.3) is 0 Å². The molecule has 0 amide bonds. The van der Waals surface area contributed by atoms with Gasteiger partial charge in [-0.25, -0.2) is 14.4 Å². The number of carbonyl (C=O) groups excluding carboxylic acids is 3. The van der Waals surface area contributed by atoms with Gasteiger partial charge in [0.15, 0.2) is 0 Å². The third kappa shape index (κ3) is 4.30. The van der Waals surface area contributed by atoms with Crippen LogP contribution in [0.15, 0.2) is 63.4 Å². The fraction of sp³-hybridized carbons (Fsp3) is 0.292. The Bertz CT molecular complexity index is 1070. The lowest BCUT2D eigenvalue weighted by molar-refractivity contribution is -0.137. The van der Waals surface area contributed by atoms with Crippen molar-refractivity contribution in [1.82, 2.24) is 5.32 Å². The lowest BCUT2D eigenvalue weighted by atomic mass is 9.83. The maximum atomic E-state index is 12.6. The first-order valence-corrected chi connectivity index (χ1v) is 10.0. The monoisotopic (exact) mass is 439 g/mol. The number of esters is 3. The van der Waals surface area contributed by atoms with Crippen LogP contribution in [-0.2, 0) is 23.8 Å². The number of methoxy groups -OCH3 is 2. The number of hydrogen-bond acceptors (Lipinski definition) is 8. The van der Waals surface area contributed by atoms with E-state index in [2.05, 4.69) is 5.32 Å². The maximum Gasteiger partial charge on any atom is 0.338 e. The number of rotatable bonds is 6. The van der Waals surface area contributed by atoms with Gasteiger partial charge in [-0.3, -0.25) is 0 Å². The van der Waals surface area contributed by atoms with Gasteiger partial charge in [0, 0.05) is 17.0 Å². The van der Waals surface area contributed by atoms with Crippen LogP contribution in [0.3, 0.4) is 0 Å². The van der Waals surface area contributed by atoms with Gasteiger partial charge in [-0.05, 0) is 45.0 Å². The van der Waals surface area contributed by atoms with Crippen molar-refractivity contribution in [3.05, 3.63) is 70.3 Å². The molecule has 3 rings (SSSR count). The van der Waals surface area contributed by atoms with Gasteiger partial charge in [0.1, 0.15) is 11.5 Å².